The lowest BCUT2D eigenvalue weighted by Gasteiger charge is -2.43. The predicted molar refractivity (Wildman–Crippen MR) is 117 cm³/mol. The first-order chi connectivity index (χ1) is 13.9. The summed E-state index contributed by atoms with van der Waals surface area (Å²) in [7, 11) is 0. The van der Waals surface area contributed by atoms with E-state index in [2.05, 4.69) is 0 Å². The van der Waals surface area contributed by atoms with E-state index >= 15 is 0 Å². The van der Waals surface area contributed by atoms with E-state index in [0.717, 1.165) is 11.1 Å². The van der Waals surface area contributed by atoms with E-state index in [9.17, 15) is 9.59 Å². The second-order valence-electron chi connectivity index (χ2n) is 9.78. The van der Waals surface area contributed by atoms with Crippen molar-refractivity contribution in [1.82, 2.24) is 0 Å². The van der Waals surface area contributed by atoms with Crippen LogP contribution in [-0.4, -0.2) is 11.9 Å². The summed E-state index contributed by atoms with van der Waals surface area (Å²) in [6.07, 6.45) is 3.94. The topological polar surface area (TPSA) is 52.6 Å². The van der Waals surface area contributed by atoms with Crippen LogP contribution in [0.4, 0.5) is 0 Å². The number of esters is 2. The fourth-order valence-corrected chi connectivity index (χ4v) is 3.28. The van der Waals surface area contributed by atoms with Crippen LogP contribution in [0.1, 0.15) is 64.2 Å². The van der Waals surface area contributed by atoms with Crippen LogP contribution in [-0.2, 0) is 24.8 Å². The number of fused-ring (bicyclic) bond motifs is 1. The Morgan fingerprint density at radius 3 is 1.80 bits per heavy atom. The molecule has 1 aliphatic rings. The van der Waals surface area contributed by atoms with E-state index in [-0.39, 0.29) is 0 Å². The molecule has 4 heteroatoms. The number of benzene rings is 2. The van der Waals surface area contributed by atoms with Gasteiger partial charge in [0.05, 0.1) is 16.7 Å². The average Bonchev–Trinajstić information content (AvgIpc) is 2.67. The Hall–Kier alpha value is -2.88. The molecule has 3 rings (SSSR count). The Bertz CT molecular complexity index is 931. The largest absolute Gasteiger partial charge is 0.416 e. The van der Waals surface area contributed by atoms with Crippen molar-refractivity contribution in [2.24, 2.45) is 10.8 Å². The van der Waals surface area contributed by atoms with E-state index in [1.54, 1.807) is 41.5 Å². The quantitative estimate of drug-likeness (QED) is 0.475. The highest BCUT2D eigenvalue weighted by atomic mass is 16.7. The van der Waals surface area contributed by atoms with Crippen molar-refractivity contribution in [2.45, 2.75) is 53.2 Å². The molecular weight excluding hydrogens is 376 g/mol. The number of carbonyl (C=O) groups is 2. The number of ether oxygens (including phenoxy) is 2. The van der Waals surface area contributed by atoms with Gasteiger partial charge in [0.25, 0.3) is 5.79 Å². The predicted octanol–water partition coefficient (Wildman–Crippen LogP) is 5.83. The highest BCUT2D eigenvalue weighted by Crippen LogP contribution is 2.49. The van der Waals surface area contributed by atoms with Crippen molar-refractivity contribution in [3.8, 4) is 0 Å². The minimum Gasteiger partial charge on any atom is -0.416 e. The molecule has 30 heavy (non-hydrogen) atoms. The highest BCUT2D eigenvalue weighted by Gasteiger charge is 2.52. The Morgan fingerprint density at radius 1 is 0.767 bits per heavy atom. The fraction of sp³-hybridized carbons (Fsp3) is 0.385. The van der Waals surface area contributed by atoms with E-state index in [0.29, 0.717) is 5.56 Å². The van der Waals surface area contributed by atoms with Crippen molar-refractivity contribution in [1.29, 1.82) is 0 Å². The summed E-state index contributed by atoms with van der Waals surface area (Å²) < 4.78 is 12.3. The van der Waals surface area contributed by atoms with Crippen LogP contribution in [0.15, 0.2) is 60.7 Å². The maximum Gasteiger partial charge on any atom is 0.314 e. The van der Waals surface area contributed by atoms with E-state index in [1.165, 1.54) is 0 Å². The molecule has 0 fully saturated rings. The zero-order chi connectivity index (χ0) is 22.2. The molecule has 0 spiro atoms. The third-order valence-electron chi connectivity index (χ3n) is 5.09. The standard InChI is InChI=1S/C26H30O4/c1-24(2,3)22(27)29-26(30-23(28)25(4,5)6)20-15-11-10-14-19(20)16-17-21(26)18-12-8-7-9-13-18/h7-17,21H,1-6H3. The summed E-state index contributed by atoms with van der Waals surface area (Å²) in [5.41, 5.74) is 0.882. The van der Waals surface area contributed by atoms with Gasteiger partial charge in [0.1, 0.15) is 0 Å². The molecule has 0 saturated heterocycles. The number of rotatable bonds is 3. The molecule has 1 atom stereocenters. The zero-order valence-electron chi connectivity index (χ0n) is 18.6. The summed E-state index contributed by atoms with van der Waals surface area (Å²) in [4.78, 5) is 26.2. The monoisotopic (exact) mass is 406 g/mol. The van der Waals surface area contributed by atoms with Gasteiger partial charge in [0.15, 0.2) is 0 Å². The zero-order valence-corrected chi connectivity index (χ0v) is 18.6. The molecule has 0 aliphatic heterocycles. The van der Waals surface area contributed by atoms with E-state index < -0.39 is 34.5 Å². The molecule has 2 aromatic carbocycles. The van der Waals surface area contributed by atoms with Crippen molar-refractivity contribution in [2.75, 3.05) is 0 Å². The van der Waals surface area contributed by atoms with Crippen LogP contribution in [0.3, 0.4) is 0 Å². The Kier molecular flexibility index (Phi) is 5.64. The van der Waals surface area contributed by atoms with Gasteiger partial charge in [-0.25, -0.2) is 0 Å². The molecule has 0 heterocycles. The highest BCUT2D eigenvalue weighted by molar-refractivity contribution is 5.79. The molecule has 0 amide bonds. The third-order valence-corrected chi connectivity index (χ3v) is 5.09. The van der Waals surface area contributed by atoms with E-state index in [1.807, 2.05) is 66.7 Å². The lowest BCUT2D eigenvalue weighted by Crippen LogP contribution is -2.47. The summed E-state index contributed by atoms with van der Waals surface area (Å²) in [6.45, 7) is 10.7. The first kappa shape index (κ1) is 21.8. The van der Waals surface area contributed by atoms with Crippen molar-refractivity contribution in [3.63, 3.8) is 0 Å². The minimum atomic E-state index is -1.60. The van der Waals surface area contributed by atoms with E-state index in [4.69, 9.17) is 9.47 Å². The SMILES string of the molecule is CC(C)(C)C(=O)OC1(OC(=O)C(C)(C)C)c2ccccc2C=CC1c1ccccc1. The van der Waals surface area contributed by atoms with Gasteiger partial charge in [-0.3, -0.25) is 9.59 Å². The molecule has 0 aromatic heterocycles. The summed E-state index contributed by atoms with van der Waals surface area (Å²) >= 11 is 0. The van der Waals surface area contributed by atoms with Crippen LogP contribution >= 0.6 is 0 Å². The van der Waals surface area contributed by atoms with Crippen molar-refractivity contribution >= 4 is 18.0 Å². The normalized spacial score (nSPS) is 17.7. The van der Waals surface area contributed by atoms with Crippen LogP contribution in [0, 0.1) is 10.8 Å². The second-order valence-corrected chi connectivity index (χ2v) is 9.78. The Balaban J connectivity index is 2.25. The number of hydrogen-bond acceptors (Lipinski definition) is 4. The summed E-state index contributed by atoms with van der Waals surface area (Å²) in [5.74, 6) is -2.95. The van der Waals surface area contributed by atoms with Crippen LogP contribution in [0.25, 0.3) is 6.08 Å². The van der Waals surface area contributed by atoms with Gasteiger partial charge in [-0.15, -0.1) is 0 Å². The first-order valence-corrected chi connectivity index (χ1v) is 10.2. The molecule has 0 radical (unpaired) electrons. The summed E-state index contributed by atoms with van der Waals surface area (Å²) in [5, 5.41) is 0. The van der Waals surface area contributed by atoms with Crippen LogP contribution in [0.2, 0.25) is 0 Å². The van der Waals surface area contributed by atoms with Gasteiger partial charge >= 0.3 is 11.9 Å². The molecule has 4 nitrogen and oxygen atoms in total. The molecular formula is C26H30O4. The minimum absolute atomic E-state index is 0.435. The van der Waals surface area contributed by atoms with Gasteiger partial charge in [-0.05, 0) is 52.7 Å². The van der Waals surface area contributed by atoms with Crippen molar-refractivity contribution in [3.05, 3.63) is 77.4 Å². The van der Waals surface area contributed by atoms with Gasteiger partial charge in [-0.2, -0.15) is 0 Å². The Morgan fingerprint density at radius 2 is 1.27 bits per heavy atom. The molecule has 1 unspecified atom stereocenters. The number of carbonyl (C=O) groups excluding carboxylic acids is 2. The van der Waals surface area contributed by atoms with Gasteiger partial charge in [0, 0.05) is 5.56 Å². The molecule has 2 aromatic rings. The van der Waals surface area contributed by atoms with Crippen LogP contribution in [0.5, 0.6) is 0 Å². The average molecular weight is 407 g/mol. The summed E-state index contributed by atoms with van der Waals surface area (Å²) in [6, 6.07) is 17.2. The molecule has 1 aliphatic carbocycles. The Labute approximate surface area is 178 Å². The van der Waals surface area contributed by atoms with Gasteiger partial charge in [0.2, 0.25) is 0 Å². The number of hydrogen-bond donors (Lipinski definition) is 0. The lowest BCUT2D eigenvalue weighted by molar-refractivity contribution is -0.250. The van der Waals surface area contributed by atoms with Crippen LogP contribution < -0.4 is 0 Å². The maximum absolute atomic E-state index is 13.1. The second kappa shape index (κ2) is 7.75. The third kappa shape index (κ3) is 4.18. The maximum atomic E-state index is 13.1. The molecule has 158 valence electrons. The molecule has 0 saturated carbocycles. The fourth-order valence-electron chi connectivity index (χ4n) is 3.28. The van der Waals surface area contributed by atoms with Gasteiger partial charge < -0.3 is 9.47 Å². The van der Waals surface area contributed by atoms with Gasteiger partial charge in [-0.1, -0.05) is 66.7 Å². The van der Waals surface area contributed by atoms with Crippen molar-refractivity contribution < 1.29 is 19.1 Å². The first-order valence-electron chi connectivity index (χ1n) is 10.2. The molecule has 0 N–H and O–H groups in total. The lowest BCUT2D eigenvalue weighted by atomic mass is 9.78. The molecule has 0 bridgehead atoms. The smallest absolute Gasteiger partial charge is 0.314 e.